The number of piperidine rings is 1. The van der Waals surface area contributed by atoms with E-state index in [9.17, 15) is 18.3 Å². The van der Waals surface area contributed by atoms with Gasteiger partial charge < -0.3 is 10.4 Å². The number of nitrogens with one attached hydrogen (secondary N) is 1. The highest BCUT2D eigenvalue weighted by atomic mass is 35.5. The number of halogens is 2. The lowest BCUT2D eigenvalue weighted by atomic mass is 9.92. The van der Waals surface area contributed by atoms with Crippen molar-refractivity contribution >= 4 is 39.1 Å². The van der Waals surface area contributed by atoms with Gasteiger partial charge in [0.2, 0.25) is 15.9 Å². The molecule has 1 unspecified atom stereocenters. The van der Waals surface area contributed by atoms with Crippen molar-refractivity contribution in [2.45, 2.75) is 55.6 Å². The number of sulfonamides is 1. The van der Waals surface area contributed by atoms with Crippen molar-refractivity contribution in [2.24, 2.45) is 5.92 Å². The number of amides is 1. The largest absolute Gasteiger partial charge is 0.393 e. The molecule has 27 heavy (non-hydrogen) atoms. The molecule has 3 rings (SSSR count). The number of carbonyl (C=O) groups excluding carboxylic acids is 1. The SMILES string of the molecule is O=C(NC1CCC(O)CC1)C1CCCN(S(=O)(=O)c2cc(Cl)ccc2Cl)C1. The first-order valence-corrected chi connectivity index (χ1v) is 11.4. The maximum atomic E-state index is 13.0. The number of aliphatic hydroxyl groups excluding tert-OH is 1. The van der Waals surface area contributed by atoms with Crippen molar-refractivity contribution in [3.63, 3.8) is 0 Å². The Hall–Kier alpha value is -0.860. The lowest BCUT2D eigenvalue weighted by molar-refractivity contribution is -0.127. The van der Waals surface area contributed by atoms with Crippen LogP contribution >= 0.6 is 23.2 Å². The lowest BCUT2D eigenvalue weighted by Gasteiger charge is -2.33. The molecule has 1 amide bonds. The van der Waals surface area contributed by atoms with Gasteiger partial charge in [-0.25, -0.2) is 8.42 Å². The predicted molar refractivity (Wildman–Crippen MR) is 104 cm³/mol. The summed E-state index contributed by atoms with van der Waals surface area (Å²) in [5, 5.41) is 13.0. The van der Waals surface area contributed by atoms with Crippen LogP contribution in [-0.4, -0.2) is 49.0 Å². The molecular weight excluding hydrogens is 411 g/mol. The summed E-state index contributed by atoms with van der Waals surface area (Å²) in [5.74, 6) is -0.508. The Bertz CT molecular complexity index is 795. The van der Waals surface area contributed by atoms with Crippen LogP contribution in [0.2, 0.25) is 10.0 Å². The third kappa shape index (κ3) is 4.95. The fraction of sp³-hybridized carbons (Fsp3) is 0.611. The van der Waals surface area contributed by atoms with E-state index in [1.165, 1.54) is 22.5 Å². The zero-order valence-corrected chi connectivity index (χ0v) is 17.2. The molecule has 0 spiro atoms. The van der Waals surface area contributed by atoms with E-state index in [1.807, 2.05) is 0 Å². The quantitative estimate of drug-likeness (QED) is 0.762. The van der Waals surface area contributed by atoms with Gasteiger partial charge in [-0.1, -0.05) is 23.2 Å². The molecule has 1 saturated carbocycles. The van der Waals surface area contributed by atoms with E-state index in [2.05, 4.69) is 5.32 Å². The van der Waals surface area contributed by atoms with Crippen LogP contribution in [0.5, 0.6) is 0 Å². The Balaban J connectivity index is 1.68. The van der Waals surface area contributed by atoms with Crippen LogP contribution in [-0.2, 0) is 14.8 Å². The molecule has 2 fully saturated rings. The molecule has 1 aliphatic carbocycles. The van der Waals surface area contributed by atoms with E-state index in [1.54, 1.807) is 0 Å². The van der Waals surface area contributed by atoms with E-state index >= 15 is 0 Å². The van der Waals surface area contributed by atoms with Crippen LogP contribution in [0.15, 0.2) is 23.1 Å². The molecular formula is C18H24Cl2N2O4S. The molecule has 1 atom stereocenters. The van der Waals surface area contributed by atoms with E-state index in [4.69, 9.17) is 23.2 Å². The second-order valence-corrected chi connectivity index (χ2v) is 10.0. The minimum Gasteiger partial charge on any atom is -0.393 e. The molecule has 1 saturated heterocycles. The molecule has 1 aromatic rings. The number of aliphatic hydroxyl groups is 1. The minimum absolute atomic E-state index is 0.0287. The first-order valence-electron chi connectivity index (χ1n) is 9.21. The highest BCUT2D eigenvalue weighted by Crippen LogP contribution is 2.30. The molecule has 0 bridgehead atoms. The maximum absolute atomic E-state index is 13.0. The number of carbonyl (C=O) groups is 1. The first kappa shape index (κ1) is 20.9. The minimum atomic E-state index is -3.82. The fourth-order valence-electron chi connectivity index (χ4n) is 3.73. The molecule has 150 valence electrons. The Morgan fingerprint density at radius 3 is 2.56 bits per heavy atom. The highest BCUT2D eigenvalue weighted by molar-refractivity contribution is 7.89. The van der Waals surface area contributed by atoms with Crippen LogP contribution in [0.3, 0.4) is 0 Å². The Morgan fingerprint density at radius 1 is 1.15 bits per heavy atom. The van der Waals surface area contributed by atoms with Crippen LogP contribution in [0, 0.1) is 5.92 Å². The van der Waals surface area contributed by atoms with Gasteiger partial charge >= 0.3 is 0 Å². The third-order valence-electron chi connectivity index (χ3n) is 5.31. The second kappa shape index (κ2) is 8.66. The van der Waals surface area contributed by atoms with Gasteiger partial charge in [0.25, 0.3) is 0 Å². The fourth-order valence-corrected chi connectivity index (χ4v) is 5.99. The number of hydrogen-bond acceptors (Lipinski definition) is 4. The average Bonchev–Trinajstić information content (AvgIpc) is 2.65. The Morgan fingerprint density at radius 2 is 1.85 bits per heavy atom. The topological polar surface area (TPSA) is 86.7 Å². The molecule has 1 aromatic carbocycles. The summed E-state index contributed by atoms with van der Waals surface area (Å²) < 4.78 is 27.3. The van der Waals surface area contributed by atoms with Crippen molar-refractivity contribution in [3.8, 4) is 0 Å². The third-order valence-corrected chi connectivity index (χ3v) is 7.89. The van der Waals surface area contributed by atoms with Crippen LogP contribution in [0.25, 0.3) is 0 Å². The second-order valence-electron chi connectivity index (χ2n) is 7.29. The summed E-state index contributed by atoms with van der Waals surface area (Å²) in [4.78, 5) is 12.6. The van der Waals surface area contributed by atoms with Crippen molar-refractivity contribution in [3.05, 3.63) is 28.2 Å². The molecule has 1 heterocycles. The van der Waals surface area contributed by atoms with Gasteiger partial charge in [-0.2, -0.15) is 4.31 Å². The van der Waals surface area contributed by atoms with Gasteiger partial charge in [0, 0.05) is 24.2 Å². The predicted octanol–water partition coefficient (Wildman–Crippen LogP) is 2.81. The smallest absolute Gasteiger partial charge is 0.244 e. The number of nitrogens with zero attached hydrogens (tertiary/aromatic N) is 1. The van der Waals surface area contributed by atoms with Gasteiger partial charge in [-0.3, -0.25) is 4.79 Å². The van der Waals surface area contributed by atoms with Gasteiger partial charge in [0.15, 0.2) is 0 Å². The summed E-state index contributed by atoms with van der Waals surface area (Å²) >= 11 is 12.0. The van der Waals surface area contributed by atoms with Crippen molar-refractivity contribution in [1.29, 1.82) is 0 Å². The lowest BCUT2D eigenvalue weighted by Crippen LogP contribution is -2.48. The number of benzene rings is 1. The Labute approximate surface area is 169 Å². The van der Waals surface area contributed by atoms with Crippen molar-refractivity contribution < 1.29 is 18.3 Å². The molecule has 1 aliphatic heterocycles. The van der Waals surface area contributed by atoms with Gasteiger partial charge in [-0.15, -0.1) is 0 Å². The zero-order valence-electron chi connectivity index (χ0n) is 14.9. The molecule has 9 heteroatoms. The van der Waals surface area contributed by atoms with Gasteiger partial charge in [0.05, 0.1) is 17.0 Å². The van der Waals surface area contributed by atoms with Gasteiger partial charge in [-0.05, 0) is 56.7 Å². The number of rotatable bonds is 4. The maximum Gasteiger partial charge on any atom is 0.244 e. The van der Waals surface area contributed by atoms with E-state index in [0.717, 1.165) is 12.8 Å². The van der Waals surface area contributed by atoms with Crippen molar-refractivity contribution in [2.75, 3.05) is 13.1 Å². The van der Waals surface area contributed by atoms with E-state index in [-0.39, 0.29) is 34.5 Å². The average molecular weight is 435 g/mol. The number of hydrogen-bond donors (Lipinski definition) is 2. The summed E-state index contributed by atoms with van der Waals surface area (Å²) in [7, 11) is -3.82. The molecule has 6 nitrogen and oxygen atoms in total. The zero-order chi connectivity index (χ0) is 19.6. The molecule has 2 N–H and O–H groups in total. The summed E-state index contributed by atoms with van der Waals surface area (Å²) in [6.45, 7) is 0.483. The van der Waals surface area contributed by atoms with E-state index < -0.39 is 15.9 Å². The van der Waals surface area contributed by atoms with Gasteiger partial charge in [0.1, 0.15) is 4.90 Å². The standard InChI is InChI=1S/C18H24Cl2N2O4S/c19-13-3-8-16(20)17(10-13)27(25,26)22-9-1-2-12(11-22)18(24)21-14-4-6-15(23)7-5-14/h3,8,10,12,14-15,23H,1-2,4-7,9,11H2,(H,21,24). The van der Waals surface area contributed by atoms with Crippen molar-refractivity contribution in [1.82, 2.24) is 9.62 Å². The molecule has 0 radical (unpaired) electrons. The monoisotopic (exact) mass is 434 g/mol. The van der Waals surface area contributed by atoms with Crippen LogP contribution < -0.4 is 5.32 Å². The van der Waals surface area contributed by atoms with Crippen LogP contribution in [0.1, 0.15) is 38.5 Å². The summed E-state index contributed by atoms with van der Waals surface area (Å²) in [6, 6.07) is 4.39. The summed E-state index contributed by atoms with van der Waals surface area (Å²) in [5.41, 5.74) is 0. The first-order chi connectivity index (χ1) is 12.8. The normalized spacial score (nSPS) is 27.3. The molecule has 2 aliphatic rings. The Kier molecular flexibility index (Phi) is 6.69. The van der Waals surface area contributed by atoms with E-state index in [0.29, 0.717) is 37.3 Å². The summed E-state index contributed by atoms with van der Waals surface area (Å²) in [6.07, 6.45) is 3.85. The molecule has 0 aromatic heterocycles. The van der Waals surface area contributed by atoms with Crippen LogP contribution in [0.4, 0.5) is 0 Å². The highest BCUT2D eigenvalue weighted by Gasteiger charge is 2.35.